The molecule has 2 aromatic rings. The zero-order chi connectivity index (χ0) is 26.3. The number of Topliss-reactive ketones (excluding diaryl/α,β-unsaturated/α-hetero) is 1. The van der Waals surface area contributed by atoms with Crippen LogP contribution in [0, 0.1) is 0 Å². The van der Waals surface area contributed by atoms with Crippen molar-refractivity contribution < 1.29 is 37.4 Å². The average molecular weight is 519 g/mol. The molecule has 0 fully saturated rings. The molecule has 0 saturated carbocycles. The van der Waals surface area contributed by atoms with E-state index >= 15 is 0 Å². The number of fused-ring (bicyclic) bond motifs is 1. The van der Waals surface area contributed by atoms with Crippen molar-refractivity contribution in [2.24, 2.45) is 0 Å². The van der Waals surface area contributed by atoms with Gasteiger partial charge in [0, 0.05) is 6.42 Å². The molecule has 3 N–H and O–H groups in total. The van der Waals surface area contributed by atoms with E-state index in [2.05, 4.69) is 10.6 Å². The minimum absolute atomic E-state index is 0.0938. The number of ether oxygens (including phenoxy) is 2. The maximum Gasteiger partial charge on any atom is 0.507 e. The summed E-state index contributed by atoms with van der Waals surface area (Å²) in [5.74, 6) is -1.35. The van der Waals surface area contributed by atoms with Crippen LogP contribution in [0.1, 0.15) is 37.4 Å². The SMILES string of the molecule is CCOC(=O)C(CCS(=O)(=O)c1ccccc1)N[C@@H](C)C(=O)C1NC(OC(=O)O)Cc2ccccc21. The second-order valence-corrected chi connectivity index (χ2v) is 10.5. The largest absolute Gasteiger partial charge is 0.507 e. The summed E-state index contributed by atoms with van der Waals surface area (Å²) in [5.41, 5.74) is 1.45. The number of hydrogen-bond acceptors (Lipinski definition) is 9. The Morgan fingerprint density at radius 1 is 1.11 bits per heavy atom. The van der Waals surface area contributed by atoms with E-state index in [0.717, 1.165) is 5.56 Å². The van der Waals surface area contributed by atoms with Crippen molar-refractivity contribution >= 4 is 27.7 Å². The summed E-state index contributed by atoms with van der Waals surface area (Å²) in [4.78, 5) is 37.3. The first-order valence-corrected chi connectivity index (χ1v) is 13.2. The van der Waals surface area contributed by atoms with E-state index in [-0.39, 0.29) is 35.9 Å². The smallest absolute Gasteiger partial charge is 0.465 e. The Hall–Kier alpha value is -3.28. The van der Waals surface area contributed by atoms with E-state index in [0.29, 0.717) is 5.56 Å². The summed E-state index contributed by atoms with van der Waals surface area (Å²) in [6.45, 7) is 3.29. The van der Waals surface area contributed by atoms with Gasteiger partial charge in [-0.1, -0.05) is 42.5 Å². The zero-order valence-electron chi connectivity index (χ0n) is 20.0. The molecule has 0 aliphatic carbocycles. The van der Waals surface area contributed by atoms with Crippen molar-refractivity contribution in [3.63, 3.8) is 0 Å². The third-order valence-corrected chi connectivity index (χ3v) is 7.64. The highest BCUT2D eigenvalue weighted by Gasteiger charge is 2.36. The van der Waals surface area contributed by atoms with Gasteiger partial charge < -0.3 is 14.6 Å². The number of carboxylic acid groups (broad SMARTS) is 1. The number of hydrogen-bond donors (Lipinski definition) is 3. The topological polar surface area (TPSA) is 148 Å². The van der Waals surface area contributed by atoms with Crippen LogP contribution < -0.4 is 10.6 Å². The van der Waals surface area contributed by atoms with Crippen molar-refractivity contribution in [2.75, 3.05) is 12.4 Å². The van der Waals surface area contributed by atoms with Gasteiger partial charge >= 0.3 is 12.1 Å². The standard InChI is InChI=1S/C25H30N2O8S/c1-3-34-24(29)20(13-14-36(32,33)18-10-5-4-6-11-18)26-16(2)23(28)22-19-12-8-7-9-17(19)15-21(27-22)35-25(30)31/h4-12,16,20-22,26-27H,3,13-15H2,1-2H3,(H,30,31)/t16-,20?,21?,22?/m0/s1. The fourth-order valence-electron chi connectivity index (χ4n) is 4.13. The number of sulfone groups is 1. The molecule has 10 nitrogen and oxygen atoms in total. The molecule has 0 saturated heterocycles. The van der Waals surface area contributed by atoms with Crippen LogP contribution in [0.5, 0.6) is 0 Å². The van der Waals surface area contributed by atoms with Crippen LogP contribution in [-0.4, -0.2) is 62.1 Å². The first-order chi connectivity index (χ1) is 17.1. The Balaban J connectivity index is 1.76. The van der Waals surface area contributed by atoms with Gasteiger partial charge in [0.2, 0.25) is 0 Å². The van der Waals surface area contributed by atoms with Crippen LogP contribution in [0.15, 0.2) is 59.5 Å². The summed E-state index contributed by atoms with van der Waals surface area (Å²) in [7, 11) is -3.66. The van der Waals surface area contributed by atoms with Gasteiger partial charge in [-0.25, -0.2) is 13.2 Å². The molecule has 1 aliphatic rings. The number of carbonyl (C=O) groups excluding carboxylic acids is 2. The van der Waals surface area contributed by atoms with E-state index in [1.165, 1.54) is 12.1 Å². The molecule has 0 bridgehead atoms. The van der Waals surface area contributed by atoms with E-state index in [1.54, 1.807) is 56.3 Å². The van der Waals surface area contributed by atoms with Gasteiger partial charge in [-0.2, -0.15) is 0 Å². The first kappa shape index (κ1) is 27.3. The van der Waals surface area contributed by atoms with E-state index < -0.39 is 46.3 Å². The minimum Gasteiger partial charge on any atom is -0.465 e. The predicted octanol–water partition coefficient (Wildman–Crippen LogP) is 2.24. The van der Waals surface area contributed by atoms with Crippen LogP contribution in [-0.2, 0) is 35.3 Å². The van der Waals surface area contributed by atoms with Crippen molar-refractivity contribution in [3.05, 3.63) is 65.7 Å². The Labute approximate surface area is 209 Å². The maximum atomic E-state index is 13.4. The average Bonchev–Trinajstić information content (AvgIpc) is 2.85. The molecule has 2 aromatic carbocycles. The summed E-state index contributed by atoms with van der Waals surface area (Å²) in [6.07, 6.45) is -2.23. The molecule has 3 rings (SSSR count). The summed E-state index contributed by atoms with van der Waals surface area (Å²) in [6, 6.07) is 12.2. The van der Waals surface area contributed by atoms with E-state index in [4.69, 9.17) is 14.6 Å². The Bertz CT molecular complexity index is 1190. The highest BCUT2D eigenvalue weighted by Crippen LogP contribution is 2.27. The molecule has 1 heterocycles. The van der Waals surface area contributed by atoms with Gasteiger partial charge in [0.25, 0.3) is 0 Å². The van der Waals surface area contributed by atoms with Gasteiger partial charge in [0.15, 0.2) is 21.8 Å². The molecule has 194 valence electrons. The van der Waals surface area contributed by atoms with Gasteiger partial charge in [-0.15, -0.1) is 0 Å². The lowest BCUT2D eigenvalue weighted by Crippen LogP contribution is -2.52. The van der Waals surface area contributed by atoms with Gasteiger partial charge in [0.1, 0.15) is 6.04 Å². The molecule has 3 unspecified atom stereocenters. The summed E-state index contributed by atoms with van der Waals surface area (Å²) in [5, 5.41) is 14.9. The molecule has 4 atom stereocenters. The fourth-order valence-corrected chi connectivity index (χ4v) is 5.49. The Morgan fingerprint density at radius 2 is 1.78 bits per heavy atom. The van der Waals surface area contributed by atoms with Crippen LogP contribution in [0.2, 0.25) is 0 Å². The third-order valence-electron chi connectivity index (χ3n) is 5.88. The number of ketones is 1. The quantitative estimate of drug-likeness (QED) is 0.378. The number of nitrogens with one attached hydrogen (secondary N) is 2. The minimum atomic E-state index is -3.66. The molecule has 0 spiro atoms. The molecular formula is C25H30N2O8S. The lowest BCUT2D eigenvalue weighted by atomic mass is 9.89. The Morgan fingerprint density at radius 3 is 2.44 bits per heavy atom. The molecule has 36 heavy (non-hydrogen) atoms. The Kier molecular flexibility index (Phi) is 9.19. The van der Waals surface area contributed by atoms with E-state index in [1.807, 2.05) is 0 Å². The van der Waals surface area contributed by atoms with Crippen LogP contribution in [0.4, 0.5) is 4.79 Å². The summed E-state index contributed by atoms with van der Waals surface area (Å²) < 4.78 is 35.4. The van der Waals surface area contributed by atoms with Gasteiger partial charge in [-0.3, -0.25) is 20.2 Å². The highest BCUT2D eigenvalue weighted by molar-refractivity contribution is 7.91. The first-order valence-electron chi connectivity index (χ1n) is 11.6. The lowest BCUT2D eigenvalue weighted by Gasteiger charge is -2.33. The normalized spacial score (nSPS) is 18.9. The molecule has 0 radical (unpaired) electrons. The number of esters is 1. The van der Waals surface area contributed by atoms with Crippen LogP contribution >= 0.6 is 0 Å². The number of rotatable bonds is 11. The fraction of sp³-hybridized carbons (Fsp3) is 0.400. The van der Waals surface area contributed by atoms with Gasteiger partial charge in [-0.05, 0) is 43.5 Å². The maximum absolute atomic E-state index is 13.4. The van der Waals surface area contributed by atoms with Crippen LogP contribution in [0.3, 0.4) is 0 Å². The second-order valence-electron chi connectivity index (χ2n) is 8.39. The van der Waals surface area contributed by atoms with Crippen LogP contribution in [0.25, 0.3) is 0 Å². The van der Waals surface area contributed by atoms with Crippen molar-refractivity contribution in [1.82, 2.24) is 10.6 Å². The molecule has 11 heteroatoms. The molecule has 0 aromatic heterocycles. The lowest BCUT2D eigenvalue weighted by molar-refractivity contribution is -0.146. The second kappa shape index (κ2) is 12.1. The van der Waals surface area contributed by atoms with Crippen molar-refractivity contribution in [3.8, 4) is 0 Å². The molecule has 1 aliphatic heterocycles. The van der Waals surface area contributed by atoms with Crippen molar-refractivity contribution in [2.45, 2.75) is 55.9 Å². The third kappa shape index (κ3) is 6.90. The number of benzene rings is 2. The van der Waals surface area contributed by atoms with Gasteiger partial charge in [0.05, 0.1) is 29.3 Å². The molecule has 0 amide bonds. The number of carbonyl (C=O) groups is 3. The highest BCUT2D eigenvalue weighted by atomic mass is 32.2. The van der Waals surface area contributed by atoms with E-state index in [9.17, 15) is 22.8 Å². The monoisotopic (exact) mass is 518 g/mol. The molecular weight excluding hydrogens is 488 g/mol. The van der Waals surface area contributed by atoms with Crippen molar-refractivity contribution in [1.29, 1.82) is 0 Å². The summed E-state index contributed by atoms with van der Waals surface area (Å²) >= 11 is 0. The predicted molar refractivity (Wildman–Crippen MR) is 130 cm³/mol. The zero-order valence-corrected chi connectivity index (χ0v) is 20.9.